The highest BCUT2D eigenvalue weighted by Crippen LogP contribution is 2.14. The summed E-state index contributed by atoms with van der Waals surface area (Å²) in [4.78, 5) is 12.0. The van der Waals surface area contributed by atoms with Crippen LogP contribution in [-0.2, 0) is 4.79 Å². The molecule has 0 aliphatic rings. The van der Waals surface area contributed by atoms with E-state index < -0.39 is 0 Å². The molecule has 0 unspecified atom stereocenters. The SMILES string of the molecule is CCCCCCCC/C=C/CCCCCCCC(=O)NCCCCCCCCCCCCCCCCCC. The van der Waals surface area contributed by atoms with Crippen LogP contribution >= 0.6 is 0 Å². The summed E-state index contributed by atoms with van der Waals surface area (Å²) in [5.41, 5.74) is 0. The molecule has 0 spiro atoms. The van der Waals surface area contributed by atoms with Crippen LogP contribution in [0.5, 0.6) is 0 Å². The Labute approximate surface area is 241 Å². The van der Waals surface area contributed by atoms with Gasteiger partial charge in [0.05, 0.1) is 0 Å². The molecule has 0 saturated carbocycles. The van der Waals surface area contributed by atoms with Crippen LogP contribution < -0.4 is 5.32 Å². The Morgan fingerprint density at radius 3 is 1.13 bits per heavy atom. The minimum atomic E-state index is 0.267. The van der Waals surface area contributed by atoms with Crippen molar-refractivity contribution in [3.8, 4) is 0 Å². The van der Waals surface area contributed by atoms with E-state index in [-0.39, 0.29) is 5.91 Å². The molecule has 0 saturated heterocycles. The Balaban J connectivity index is 3.18. The van der Waals surface area contributed by atoms with Gasteiger partial charge in [0.25, 0.3) is 0 Å². The molecule has 1 N–H and O–H groups in total. The molecule has 226 valence electrons. The van der Waals surface area contributed by atoms with Crippen molar-refractivity contribution in [2.45, 2.75) is 206 Å². The van der Waals surface area contributed by atoms with Gasteiger partial charge in [0.2, 0.25) is 5.91 Å². The molecule has 0 rings (SSSR count). The minimum absolute atomic E-state index is 0.267. The molecule has 0 atom stereocenters. The molecule has 0 aromatic carbocycles. The van der Waals surface area contributed by atoms with Crippen LogP contribution in [0.1, 0.15) is 206 Å². The first-order chi connectivity index (χ1) is 18.8. The second kappa shape index (κ2) is 34.2. The largest absolute Gasteiger partial charge is 0.356 e. The molecule has 0 bridgehead atoms. The molecule has 0 radical (unpaired) electrons. The quantitative estimate of drug-likeness (QED) is 0.0676. The van der Waals surface area contributed by atoms with E-state index in [1.165, 1.54) is 173 Å². The maximum Gasteiger partial charge on any atom is 0.219 e. The first-order valence-corrected chi connectivity index (χ1v) is 17.7. The predicted molar refractivity (Wildman–Crippen MR) is 172 cm³/mol. The summed E-state index contributed by atoms with van der Waals surface area (Å²) in [5.74, 6) is 0.267. The maximum absolute atomic E-state index is 12.0. The summed E-state index contributed by atoms with van der Waals surface area (Å²) >= 11 is 0. The average molecular weight is 534 g/mol. The first kappa shape index (κ1) is 37.2. The molecule has 0 aromatic heterocycles. The number of hydrogen-bond acceptors (Lipinski definition) is 1. The standard InChI is InChI=1S/C36H71NO/c1-3-5-7-9-11-13-15-17-19-21-23-25-27-29-31-33-35-37-36(38)34-32-30-28-26-24-22-20-18-16-14-12-10-8-6-4-2/h18,20H,3-17,19,21-35H2,1-2H3,(H,37,38)/b20-18+. The smallest absolute Gasteiger partial charge is 0.219 e. The molecule has 0 fully saturated rings. The fourth-order valence-electron chi connectivity index (χ4n) is 5.35. The van der Waals surface area contributed by atoms with Crippen molar-refractivity contribution >= 4 is 5.91 Å². The van der Waals surface area contributed by atoms with Gasteiger partial charge in [-0.25, -0.2) is 0 Å². The van der Waals surface area contributed by atoms with E-state index in [1.807, 2.05) is 0 Å². The van der Waals surface area contributed by atoms with Crippen molar-refractivity contribution in [2.75, 3.05) is 6.54 Å². The van der Waals surface area contributed by atoms with Crippen LogP contribution in [0.3, 0.4) is 0 Å². The molecule has 0 aromatic rings. The van der Waals surface area contributed by atoms with Gasteiger partial charge in [-0.3, -0.25) is 4.79 Å². The molecular formula is C36H71NO. The third-order valence-corrected chi connectivity index (χ3v) is 8.02. The fraction of sp³-hybridized carbons (Fsp3) is 0.917. The Kier molecular flexibility index (Phi) is 33.5. The zero-order valence-corrected chi connectivity index (χ0v) is 26.5. The number of allylic oxidation sites excluding steroid dienone is 2. The summed E-state index contributed by atoms with van der Waals surface area (Å²) in [5, 5.41) is 3.13. The highest BCUT2D eigenvalue weighted by molar-refractivity contribution is 5.75. The van der Waals surface area contributed by atoms with Crippen molar-refractivity contribution in [1.29, 1.82) is 0 Å². The van der Waals surface area contributed by atoms with Gasteiger partial charge in [0.1, 0.15) is 0 Å². The van der Waals surface area contributed by atoms with Crippen LogP contribution in [0, 0.1) is 0 Å². The molecule has 2 heteroatoms. The minimum Gasteiger partial charge on any atom is -0.356 e. The summed E-state index contributed by atoms with van der Waals surface area (Å²) in [6.07, 6.45) is 44.8. The number of nitrogens with one attached hydrogen (secondary N) is 1. The van der Waals surface area contributed by atoms with Gasteiger partial charge in [-0.05, 0) is 38.5 Å². The average Bonchev–Trinajstić information content (AvgIpc) is 2.92. The van der Waals surface area contributed by atoms with E-state index in [0.717, 1.165) is 25.8 Å². The third kappa shape index (κ3) is 33.2. The highest BCUT2D eigenvalue weighted by Gasteiger charge is 2.01. The second-order valence-electron chi connectivity index (χ2n) is 12.0. The van der Waals surface area contributed by atoms with Crippen LogP contribution in [0.2, 0.25) is 0 Å². The lowest BCUT2D eigenvalue weighted by Gasteiger charge is -2.06. The van der Waals surface area contributed by atoms with E-state index in [0.29, 0.717) is 0 Å². The van der Waals surface area contributed by atoms with Crippen molar-refractivity contribution in [3.05, 3.63) is 12.2 Å². The van der Waals surface area contributed by atoms with Gasteiger partial charge in [0, 0.05) is 13.0 Å². The van der Waals surface area contributed by atoms with Crippen LogP contribution in [0.25, 0.3) is 0 Å². The number of carbonyl (C=O) groups excluding carboxylic acids is 1. The predicted octanol–water partition coefficient (Wildman–Crippen LogP) is 12.4. The number of rotatable bonds is 32. The Hall–Kier alpha value is -0.790. The van der Waals surface area contributed by atoms with Crippen LogP contribution in [0.4, 0.5) is 0 Å². The fourth-order valence-corrected chi connectivity index (χ4v) is 5.35. The second-order valence-corrected chi connectivity index (χ2v) is 12.0. The van der Waals surface area contributed by atoms with Gasteiger partial charge < -0.3 is 5.32 Å². The third-order valence-electron chi connectivity index (χ3n) is 8.02. The van der Waals surface area contributed by atoms with Crippen molar-refractivity contribution in [1.82, 2.24) is 5.32 Å². The van der Waals surface area contributed by atoms with Crippen LogP contribution in [-0.4, -0.2) is 12.5 Å². The number of hydrogen-bond donors (Lipinski definition) is 1. The Morgan fingerprint density at radius 1 is 0.421 bits per heavy atom. The van der Waals surface area contributed by atoms with Crippen molar-refractivity contribution in [3.63, 3.8) is 0 Å². The van der Waals surface area contributed by atoms with Gasteiger partial charge >= 0.3 is 0 Å². The Morgan fingerprint density at radius 2 is 0.737 bits per heavy atom. The van der Waals surface area contributed by atoms with E-state index in [9.17, 15) is 4.79 Å². The van der Waals surface area contributed by atoms with Gasteiger partial charge in [-0.1, -0.05) is 174 Å². The van der Waals surface area contributed by atoms with Crippen LogP contribution in [0.15, 0.2) is 12.2 Å². The van der Waals surface area contributed by atoms with Gasteiger partial charge in [-0.2, -0.15) is 0 Å². The number of amides is 1. The zero-order chi connectivity index (χ0) is 27.6. The summed E-state index contributed by atoms with van der Waals surface area (Å²) in [6, 6.07) is 0. The van der Waals surface area contributed by atoms with E-state index >= 15 is 0 Å². The molecular weight excluding hydrogens is 462 g/mol. The zero-order valence-electron chi connectivity index (χ0n) is 26.5. The maximum atomic E-state index is 12.0. The van der Waals surface area contributed by atoms with E-state index in [1.54, 1.807) is 0 Å². The molecule has 0 aliphatic heterocycles. The number of carbonyl (C=O) groups is 1. The summed E-state index contributed by atoms with van der Waals surface area (Å²) in [6.45, 7) is 5.45. The Bertz CT molecular complexity index is 472. The lowest BCUT2D eigenvalue weighted by Crippen LogP contribution is -2.23. The van der Waals surface area contributed by atoms with Crippen molar-refractivity contribution < 1.29 is 4.79 Å². The van der Waals surface area contributed by atoms with E-state index in [4.69, 9.17) is 0 Å². The van der Waals surface area contributed by atoms with Gasteiger partial charge in [-0.15, -0.1) is 0 Å². The topological polar surface area (TPSA) is 29.1 Å². The lowest BCUT2D eigenvalue weighted by molar-refractivity contribution is -0.121. The molecule has 0 heterocycles. The van der Waals surface area contributed by atoms with E-state index in [2.05, 4.69) is 31.3 Å². The summed E-state index contributed by atoms with van der Waals surface area (Å²) < 4.78 is 0. The molecule has 38 heavy (non-hydrogen) atoms. The highest BCUT2D eigenvalue weighted by atomic mass is 16.1. The first-order valence-electron chi connectivity index (χ1n) is 17.7. The monoisotopic (exact) mass is 534 g/mol. The molecule has 1 amide bonds. The van der Waals surface area contributed by atoms with Gasteiger partial charge in [0.15, 0.2) is 0 Å². The number of unbranched alkanes of at least 4 members (excludes halogenated alkanes) is 26. The lowest BCUT2D eigenvalue weighted by atomic mass is 10.0. The summed E-state index contributed by atoms with van der Waals surface area (Å²) in [7, 11) is 0. The van der Waals surface area contributed by atoms with Crippen molar-refractivity contribution in [2.24, 2.45) is 0 Å². The normalized spacial score (nSPS) is 11.5. The molecule has 2 nitrogen and oxygen atoms in total. The molecule has 0 aliphatic carbocycles.